The number of carbonyl (C=O) groups excluding carboxylic acids is 14. The Kier molecular flexibility index (Phi) is 46.8. The van der Waals surface area contributed by atoms with Gasteiger partial charge < -0.3 is 114 Å². The number of hydrogen-bond acceptors (Lipinski definition) is 25. The van der Waals surface area contributed by atoms with Gasteiger partial charge in [0.2, 0.25) is 76.8 Å². The summed E-state index contributed by atoms with van der Waals surface area (Å²) < 4.78 is 36.0. The quantitative estimate of drug-likeness (QED) is 0.00556. The fourth-order valence-corrected chi connectivity index (χ4v) is 19.8. The van der Waals surface area contributed by atoms with E-state index in [1.165, 1.54) is 17.0 Å². The molecule has 12 atom stereocenters. The van der Waals surface area contributed by atoms with Crippen molar-refractivity contribution in [1.29, 1.82) is 0 Å². The molecule has 2 saturated heterocycles. The number of esters is 1. The van der Waals surface area contributed by atoms with E-state index in [1.807, 2.05) is 167 Å². The number of ether oxygens (including phenoxy) is 6. The van der Waals surface area contributed by atoms with Gasteiger partial charge in [-0.25, -0.2) is 0 Å². The van der Waals surface area contributed by atoms with Gasteiger partial charge in [-0.2, -0.15) is 0 Å². The first kappa shape index (κ1) is 121. The monoisotopic (exact) mass is 2220 g/mol. The van der Waals surface area contributed by atoms with Gasteiger partial charge in [-0.1, -0.05) is 201 Å². The predicted molar refractivity (Wildman–Crippen MR) is 583 cm³/mol. The van der Waals surface area contributed by atoms with Gasteiger partial charge in [-0.3, -0.25) is 67.1 Å². The summed E-state index contributed by atoms with van der Waals surface area (Å²) in [7, 11) is 1.81. The Morgan fingerprint density at radius 1 is 0.527 bits per heavy atom. The van der Waals surface area contributed by atoms with Crippen LogP contribution in [0.3, 0.4) is 0 Å². The van der Waals surface area contributed by atoms with Crippen LogP contribution in [-0.2, 0) is 124 Å². The number of phenolic OH excluding ortho intramolecular Hbond substituents is 1. The summed E-state index contributed by atoms with van der Waals surface area (Å²) in [5, 5.41) is 45.0. The van der Waals surface area contributed by atoms with Crippen LogP contribution >= 0.6 is 44.2 Å². The molecule has 0 aliphatic carbocycles. The molecule has 7 aromatic carbocycles. The van der Waals surface area contributed by atoms with Crippen LogP contribution in [0.15, 0.2) is 182 Å². The number of carbonyl (C=O) groups is 14. The molecule has 39 heteroatoms. The van der Waals surface area contributed by atoms with Gasteiger partial charge in [0, 0.05) is 76.2 Å². The molecule has 2 fully saturated rings. The number of nitrogens with zero attached hydrogens (tertiary/aromatic N) is 1. The molecule has 0 radical (unpaired) electrons. The van der Waals surface area contributed by atoms with Crippen molar-refractivity contribution >= 4 is 127 Å². The van der Waals surface area contributed by atoms with E-state index in [4.69, 9.17) is 39.9 Å². The number of benzene rings is 7. The minimum atomic E-state index is -1.75. The number of amides is 13. The van der Waals surface area contributed by atoms with E-state index >= 15 is 47.9 Å². The molecule has 2 heterocycles. The number of fused-ring (bicyclic) bond motifs is 1. The molecule has 0 aromatic heterocycles. The lowest BCUT2D eigenvalue weighted by molar-refractivity contribution is -0.155. The lowest BCUT2D eigenvalue weighted by Crippen LogP contribution is -2.61. The molecule has 0 bridgehead atoms. The maximum absolute atomic E-state index is 16.4. The highest BCUT2D eigenvalue weighted by molar-refractivity contribution is 14.1. The van der Waals surface area contributed by atoms with Gasteiger partial charge in [0.1, 0.15) is 107 Å². The second-order valence-electron chi connectivity index (χ2n) is 41.9. The third kappa shape index (κ3) is 39.8. The zero-order valence-electron chi connectivity index (χ0n) is 88.6. The standard InChI is InChI=1S/C111H150IN15O21S2/c1-17-69(4)96(105(141)120-82(97(133)115-62-73-35-33-72(61-114)34-36-73)46-49-92(129)126-111(75-27-21-18-22-28-75,76-29-23-19-24-30-76)77-31-25-20-26-32-77)125-102(138)87(58-71-39-44-79(45-40-71)146-108(8,9)10)121-103(139)88-66-149-150-67-89(124-99(135)83(47-50-95(132)148-110(14,15)16)119-101(137)86(118-94(131)65-144-54-53-143-52-51-113)57-70-37-42-78(43-38-70)145-107(5,6)7)106(142)127-64-80(147-109(11,12)13)60-90(127)104(140)122-85(59-74-41-48-91(128)81(112)56-74)98(134)116-63-93(130)117-84(55-68(2)3)100(136)123-88/h18-45,48,56,68-69,80,82-90,96,128H,17,46-47,49-55,57-67,113-114H2,1-16H3,(H,115,133)(H,116,134)(H,117,130)(H,118,131)(H,119,137)(H,120,141)(H,121,139)(H,122,140)(H,123,136)(H,124,135)(H,125,138)(H,126,129)/t69?,80-,82+,83-,84+,85+,86+,87+,88+,89+,90-,96+/m1/s1. The number of aromatic hydroxyl groups is 1. The highest BCUT2D eigenvalue weighted by Gasteiger charge is 2.47. The van der Waals surface area contributed by atoms with E-state index in [2.05, 4.69) is 63.8 Å². The summed E-state index contributed by atoms with van der Waals surface area (Å²) in [5.41, 5.74) is 12.3. The van der Waals surface area contributed by atoms with E-state index in [1.54, 1.807) is 136 Å². The van der Waals surface area contributed by atoms with Crippen molar-refractivity contribution in [2.24, 2.45) is 23.3 Å². The predicted octanol–water partition coefficient (Wildman–Crippen LogP) is 8.91. The molecule has 0 spiro atoms. The molecule has 2 aliphatic rings. The normalized spacial score (nSPS) is 18.1. The molecule has 36 nitrogen and oxygen atoms in total. The van der Waals surface area contributed by atoms with Gasteiger partial charge in [-0.05, 0) is 218 Å². The number of rotatable bonds is 45. The summed E-state index contributed by atoms with van der Waals surface area (Å²) >= 11 is 1.90. The van der Waals surface area contributed by atoms with Gasteiger partial charge in [0.05, 0.1) is 41.6 Å². The van der Waals surface area contributed by atoms with Gasteiger partial charge in [-0.15, -0.1) is 0 Å². The van der Waals surface area contributed by atoms with Crippen molar-refractivity contribution in [3.8, 4) is 17.2 Å². The Bertz CT molecular complexity index is 5560. The third-order valence-electron chi connectivity index (χ3n) is 24.2. The summed E-state index contributed by atoms with van der Waals surface area (Å²) in [5.74, 6) is -13.0. The molecule has 9 rings (SSSR count). The second-order valence-corrected chi connectivity index (χ2v) is 45.6. The highest BCUT2D eigenvalue weighted by atomic mass is 127. The maximum Gasteiger partial charge on any atom is 0.306 e. The van der Waals surface area contributed by atoms with Crippen LogP contribution in [0.1, 0.15) is 200 Å². The Balaban J connectivity index is 1.11. The fourth-order valence-electron chi connectivity index (χ4n) is 16.9. The largest absolute Gasteiger partial charge is 0.507 e. The summed E-state index contributed by atoms with van der Waals surface area (Å²) in [6.07, 6.45) is -3.18. The van der Waals surface area contributed by atoms with Crippen LogP contribution in [0.2, 0.25) is 0 Å². The van der Waals surface area contributed by atoms with E-state index in [0.717, 1.165) is 43.8 Å². The number of nitrogens with two attached hydrogens (primary N) is 2. The SMILES string of the molecule is CCC(C)[C@H](NC(=O)[C@H](Cc1ccc(OC(C)(C)C)cc1)NC(=O)[C@@H]1CSSC[C@H](NC(=O)[C@@H](CCC(=O)OC(C)(C)C)NC(=O)[C@H](Cc2ccc(OC(C)(C)C)cc2)NC(=O)COCCOCCN)C(=O)N2C[C@H](OC(C)(C)C)C[C@@H]2C(=O)N[C@@H](Cc2ccc(O)c(I)c2)C(=O)NCC(=O)N[C@@H](CC(C)C)C(=O)N1)C(=O)N[C@@H](CCC(=O)NC(c1ccccc1)(c1ccccc1)c1ccccc1)C(=O)NCc1ccc(CN)cc1. The lowest BCUT2D eigenvalue weighted by Gasteiger charge is -2.37. The average molecular weight is 2220 g/mol. The van der Waals surface area contributed by atoms with Gasteiger partial charge in [0.25, 0.3) is 0 Å². The van der Waals surface area contributed by atoms with Gasteiger partial charge >= 0.3 is 5.97 Å². The topological polar surface area (TPSA) is 514 Å². The molecule has 13 amide bonds. The molecule has 1 unspecified atom stereocenters. The molecule has 2 aliphatic heterocycles. The smallest absolute Gasteiger partial charge is 0.306 e. The van der Waals surface area contributed by atoms with E-state index in [0.29, 0.717) is 37.3 Å². The Morgan fingerprint density at radius 3 is 1.59 bits per heavy atom. The van der Waals surface area contributed by atoms with Crippen molar-refractivity contribution in [2.45, 2.75) is 283 Å². The molecule has 814 valence electrons. The molecular weight excluding hydrogens is 2070 g/mol. The number of nitrogens with one attached hydrogen (secondary N) is 12. The molecule has 150 heavy (non-hydrogen) atoms. The maximum atomic E-state index is 16.4. The van der Waals surface area contributed by atoms with Crippen molar-refractivity contribution in [3.05, 3.63) is 230 Å². The zero-order chi connectivity index (χ0) is 110. The third-order valence-corrected chi connectivity index (χ3v) is 27.5. The van der Waals surface area contributed by atoms with Crippen molar-refractivity contribution in [3.63, 3.8) is 0 Å². The molecule has 0 saturated carbocycles. The first-order chi connectivity index (χ1) is 71.0. The number of hydrogen-bond donors (Lipinski definition) is 15. The number of phenols is 1. The van der Waals surface area contributed by atoms with Crippen LogP contribution in [0.5, 0.6) is 17.2 Å². The minimum absolute atomic E-state index is 0.00545. The van der Waals surface area contributed by atoms with Crippen molar-refractivity contribution in [2.75, 3.05) is 57.6 Å². The van der Waals surface area contributed by atoms with Crippen LogP contribution in [-0.4, -0.2) is 239 Å². The van der Waals surface area contributed by atoms with E-state index in [9.17, 15) is 24.3 Å². The Morgan fingerprint density at radius 2 is 1.05 bits per heavy atom. The van der Waals surface area contributed by atoms with Crippen molar-refractivity contribution in [1.82, 2.24) is 68.7 Å². The zero-order valence-corrected chi connectivity index (χ0v) is 92.4. The van der Waals surface area contributed by atoms with Gasteiger partial charge in [0.15, 0.2) is 0 Å². The number of halogens is 1. The second kappa shape index (κ2) is 57.8. The summed E-state index contributed by atoms with van der Waals surface area (Å²) in [4.78, 5) is 215. The first-order valence-electron chi connectivity index (χ1n) is 50.8. The van der Waals surface area contributed by atoms with E-state index < -0.39 is 221 Å². The summed E-state index contributed by atoms with van der Waals surface area (Å²) in [6.45, 7) is 27.7. The van der Waals surface area contributed by atoms with Crippen LogP contribution < -0.4 is 84.7 Å². The first-order valence-corrected chi connectivity index (χ1v) is 54.4. The summed E-state index contributed by atoms with van der Waals surface area (Å²) in [6, 6.07) is 37.9. The minimum Gasteiger partial charge on any atom is -0.507 e. The molecular formula is C111H150IN15O21S2. The highest BCUT2D eigenvalue weighted by Crippen LogP contribution is 2.38. The van der Waals surface area contributed by atoms with Crippen molar-refractivity contribution < 1.29 is 101 Å². The van der Waals surface area contributed by atoms with E-state index in [-0.39, 0.29) is 109 Å². The molecule has 17 N–H and O–H groups in total. The average Bonchev–Trinajstić information content (AvgIpc) is 0.887. The Labute approximate surface area is 901 Å². The van der Waals surface area contributed by atoms with Crippen LogP contribution in [0.4, 0.5) is 0 Å². The Hall–Kier alpha value is -12.3. The lowest BCUT2D eigenvalue weighted by atomic mass is 9.77. The van der Waals surface area contributed by atoms with Crippen LogP contribution in [0.25, 0.3) is 0 Å². The van der Waals surface area contributed by atoms with Crippen LogP contribution in [0, 0.1) is 15.4 Å². The molecule has 7 aromatic rings. The fraction of sp³-hybridized carbons (Fsp3) is 0.495.